The molecule has 0 spiro atoms. The van der Waals surface area contributed by atoms with Crippen LogP contribution in [0.3, 0.4) is 0 Å². The predicted octanol–water partition coefficient (Wildman–Crippen LogP) is 2.19. The fourth-order valence-electron chi connectivity index (χ4n) is 2.14. The molecule has 0 aromatic heterocycles. The average molecular weight is 371 g/mol. The Morgan fingerprint density at radius 1 is 1.00 bits per heavy atom. The molecule has 0 aliphatic heterocycles. The summed E-state index contributed by atoms with van der Waals surface area (Å²) in [5.41, 5.74) is 3.31. The van der Waals surface area contributed by atoms with Crippen LogP contribution < -0.4 is 25.0 Å². The van der Waals surface area contributed by atoms with E-state index in [0.717, 1.165) is 0 Å². The summed E-state index contributed by atoms with van der Waals surface area (Å²) in [6, 6.07) is 11.8. The largest absolute Gasteiger partial charge is 0.494 e. The Morgan fingerprint density at radius 2 is 1.70 bits per heavy atom. The number of hydrazone groups is 1. The normalized spacial score (nSPS) is 10.3. The molecule has 0 fully saturated rings. The van der Waals surface area contributed by atoms with Crippen molar-refractivity contribution in [2.45, 2.75) is 6.92 Å². The predicted molar refractivity (Wildman–Crippen MR) is 102 cm³/mol. The molecule has 0 heterocycles. The number of carbonyl (C=O) groups excluding carboxylic acids is 2. The van der Waals surface area contributed by atoms with E-state index in [2.05, 4.69) is 15.8 Å². The first kappa shape index (κ1) is 19.8. The standard InChI is InChI=1S/C19H21N3O5/c1-4-27-15-8-6-14(7-9-15)21-18(23)19(24)22-20-12-13-5-10-16(25-2)17(11-13)26-3/h5-12H,4H2,1-3H3,(H,21,23)(H,22,24). The van der Waals surface area contributed by atoms with Crippen LogP contribution in [0.15, 0.2) is 47.6 Å². The summed E-state index contributed by atoms with van der Waals surface area (Å²) in [6.07, 6.45) is 1.39. The lowest BCUT2D eigenvalue weighted by atomic mass is 10.2. The molecule has 27 heavy (non-hydrogen) atoms. The first-order valence-electron chi connectivity index (χ1n) is 8.16. The van der Waals surface area contributed by atoms with Crippen LogP contribution in [0, 0.1) is 0 Å². The smallest absolute Gasteiger partial charge is 0.329 e. The van der Waals surface area contributed by atoms with Gasteiger partial charge in [-0.15, -0.1) is 0 Å². The molecule has 0 atom stereocenters. The quantitative estimate of drug-likeness (QED) is 0.442. The van der Waals surface area contributed by atoms with Gasteiger partial charge in [0.05, 0.1) is 27.0 Å². The molecule has 0 bridgehead atoms. The van der Waals surface area contributed by atoms with E-state index >= 15 is 0 Å². The van der Waals surface area contributed by atoms with Crippen molar-refractivity contribution >= 4 is 23.7 Å². The third kappa shape index (κ3) is 5.74. The minimum absolute atomic E-state index is 0.475. The number of ether oxygens (including phenoxy) is 3. The summed E-state index contributed by atoms with van der Waals surface area (Å²) < 4.78 is 15.6. The molecule has 0 aliphatic rings. The molecular weight excluding hydrogens is 350 g/mol. The minimum atomic E-state index is -0.888. The van der Waals surface area contributed by atoms with Crippen LogP contribution in [0.5, 0.6) is 17.2 Å². The highest BCUT2D eigenvalue weighted by Crippen LogP contribution is 2.26. The number of amides is 2. The summed E-state index contributed by atoms with van der Waals surface area (Å²) in [5.74, 6) is 0.0677. The van der Waals surface area contributed by atoms with E-state index in [1.54, 1.807) is 42.5 Å². The number of methoxy groups -OCH3 is 2. The highest BCUT2D eigenvalue weighted by Gasteiger charge is 2.13. The SMILES string of the molecule is CCOc1ccc(NC(=O)C(=O)NN=Cc2ccc(OC)c(OC)c2)cc1. The van der Waals surface area contributed by atoms with Gasteiger partial charge in [0.1, 0.15) is 5.75 Å². The second-order valence-electron chi connectivity index (χ2n) is 5.23. The molecule has 2 amide bonds. The van der Waals surface area contributed by atoms with Crippen molar-refractivity contribution in [1.82, 2.24) is 5.43 Å². The minimum Gasteiger partial charge on any atom is -0.494 e. The van der Waals surface area contributed by atoms with E-state index in [4.69, 9.17) is 14.2 Å². The van der Waals surface area contributed by atoms with Crippen molar-refractivity contribution < 1.29 is 23.8 Å². The van der Waals surface area contributed by atoms with Gasteiger partial charge in [0, 0.05) is 5.69 Å². The molecule has 8 heteroatoms. The summed E-state index contributed by atoms with van der Waals surface area (Å²) >= 11 is 0. The van der Waals surface area contributed by atoms with Gasteiger partial charge in [-0.25, -0.2) is 5.43 Å². The number of hydrogen-bond acceptors (Lipinski definition) is 6. The summed E-state index contributed by atoms with van der Waals surface area (Å²) in [7, 11) is 3.06. The van der Waals surface area contributed by atoms with Crippen LogP contribution in [0.1, 0.15) is 12.5 Å². The van der Waals surface area contributed by atoms with E-state index in [-0.39, 0.29) is 0 Å². The van der Waals surface area contributed by atoms with Gasteiger partial charge in [-0.1, -0.05) is 0 Å². The van der Waals surface area contributed by atoms with E-state index in [0.29, 0.717) is 35.1 Å². The average Bonchev–Trinajstić information content (AvgIpc) is 2.69. The van der Waals surface area contributed by atoms with Crippen molar-refractivity contribution in [2.75, 3.05) is 26.1 Å². The van der Waals surface area contributed by atoms with Crippen LogP contribution in [0.25, 0.3) is 0 Å². The van der Waals surface area contributed by atoms with Crippen LogP contribution in [0.2, 0.25) is 0 Å². The molecule has 2 aromatic rings. The molecule has 2 aromatic carbocycles. The van der Waals surface area contributed by atoms with Gasteiger partial charge in [0.25, 0.3) is 0 Å². The number of nitrogens with one attached hydrogen (secondary N) is 2. The highest BCUT2D eigenvalue weighted by molar-refractivity contribution is 6.39. The van der Waals surface area contributed by atoms with Crippen molar-refractivity contribution in [1.29, 1.82) is 0 Å². The van der Waals surface area contributed by atoms with Crippen LogP contribution in [0.4, 0.5) is 5.69 Å². The Morgan fingerprint density at radius 3 is 2.33 bits per heavy atom. The van der Waals surface area contributed by atoms with Gasteiger partial charge in [-0.05, 0) is 55.0 Å². The molecule has 2 N–H and O–H groups in total. The van der Waals surface area contributed by atoms with Gasteiger partial charge in [0.15, 0.2) is 11.5 Å². The second-order valence-corrected chi connectivity index (χ2v) is 5.23. The van der Waals surface area contributed by atoms with E-state index in [1.165, 1.54) is 20.4 Å². The number of benzene rings is 2. The molecule has 0 unspecified atom stereocenters. The zero-order valence-electron chi connectivity index (χ0n) is 15.3. The Balaban J connectivity index is 1.90. The van der Waals surface area contributed by atoms with E-state index < -0.39 is 11.8 Å². The summed E-state index contributed by atoms with van der Waals surface area (Å²) in [4.78, 5) is 23.7. The first-order valence-corrected chi connectivity index (χ1v) is 8.16. The topological polar surface area (TPSA) is 98.2 Å². The Hall–Kier alpha value is -3.55. The van der Waals surface area contributed by atoms with Gasteiger partial charge < -0.3 is 19.5 Å². The third-order valence-electron chi connectivity index (χ3n) is 3.42. The maximum atomic E-state index is 11.9. The maximum absolute atomic E-state index is 11.9. The fourth-order valence-corrected chi connectivity index (χ4v) is 2.14. The number of hydrogen-bond donors (Lipinski definition) is 2. The zero-order chi connectivity index (χ0) is 19.6. The fraction of sp³-hybridized carbons (Fsp3) is 0.211. The van der Waals surface area contributed by atoms with Gasteiger partial charge in [-0.3, -0.25) is 9.59 Å². The Bertz CT molecular complexity index is 819. The molecule has 8 nitrogen and oxygen atoms in total. The lowest BCUT2D eigenvalue weighted by Crippen LogP contribution is -2.32. The zero-order valence-corrected chi connectivity index (χ0v) is 15.3. The van der Waals surface area contributed by atoms with Crippen molar-refractivity contribution in [3.8, 4) is 17.2 Å². The van der Waals surface area contributed by atoms with Crippen molar-refractivity contribution in [3.05, 3.63) is 48.0 Å². The molecule has 0 saturated heterocycles. The van der Waals surface area contributed by atoms with E-state index in [9.17, 15) is 9.59 Å². The number of nitrogens with zero attached hydrogens (tertiary/aromatic N) is 1. The van der Waals surface area contributed by atoms with Crippen molar-refractivity contribution in [2.24, 2.45) is 5.10 Å². The van der Waals surface area contributed by atoms with Gasteiger partial charge in [0.2, 0.25) is 0 Å². The maximum Gasteiger partial charge on any atom is 0.329 e. The van der Waals surface area contributed by atoms with E-state index in [1.807, 2.05) is 6.92 Å². The van der Waals surface area contributed by atoms with Crippen LogP contribution >= 0.6 is 0 Å². The van der Waals surface area contributed by atoms with Crippen molar-refractivity contribution in [3.63, 3.8) is 0 Å². The number of carbonyl (C=O) groups is 2. The second kappa shape index (κ2) is 9.81. The molecule has 142 valence electrons. The molecular formula is C19H21N3O5. The summed E-state index contributed by atoms with van der Waals surface area (Å²) in [6.45, 7) is 2.43. The van der Waals surface area contributed by atoms with Gasteiger partial charge in [-0.2, -0.15) is 5.10 Å². The first-order chi connectivity index (χ1) is 13.1. The lowest BCUT2D eigenvalue weighted by Gasteiger charge is -2.07. The lowest BCUT2D eigenvalue weighted by molar-refractivity contribution is -0.136. The third-order valence-corrected chi connectivity index (χ3v) is 3.42. The monoisotopic (exact) mass is 371 g/mol. The van der Waals surface area contributed by atoms with Crippen LogP contribution in [-0.2, 0) is 9.59 Å². The van der Waals surface area contributed by atoms with Gasteiger partial charge >= 0.3 is 11.8 Å². The molecule has 0 radical (unpaired) electrons. The number of rotatable bonds is 7. The Labute approximate surface area is 157 Å². The summed E-state index contributed by atoms with van der Waals surface area (Å²) in [5, 5.41) is 6.25. The number of anilines is 1. The highest BCUT2D eigenvalue weighted by atomic mass is 16.5. The molecule has 0 saturated carbocycles. The van der Waals surface area contributed by atoms with Crippen LogP contribution in [-0.4, -0.2) is 38.9 Å². The molecule has 0 aliphatic carbocycles. The molecule has 2 rings (SSSR count). The Kier molecular flexibility index (Phi) is 7.18.